The van der Waals surface area contributed by atoms with Gasteiger partial charge < -0.3 is 4.53 Å². The second kappa shape index (κ2) is 4.93. The Balaban J connectivity index is 2.35. The molecule has 0 amide bonds. The highest BCUT2D eigenvalue weighted by Crippen LogP contribution is 2.09. The third kappa shape index (κ3) is 4.76. The molecule has 0 radical (unpaired) electrons. The van der Waals surface area contributed by atoms with Crippen LogP contribution >= 0.6 is 11.6 Å². The van der Waals surface area contributed by atoms with Gasteiger partial charge in [0.2, 0.25) is 8.32 Å². The van der Waals surface area contributed by atoms with Crippen LogP contribution in [0.1, 0.15) is 5.56 Å². The Morgan fingerprint density at radius 3 is 2.29 bits per heavy atom. The van der Waals surface area contributed by atoms with Gasteiger partial charge in [-0.3, -0.25) is 0 Å². The largest absolute Gasteiger partial charge is 0.346 e. The minimum absolute atomic E-state index is 0.724. The van der Waals surface area contributed by atoms with Crippen LogP contribution in [0.15, 0.2) is 24.3 Å². The lowest BCUT2D eigenvalue weighted by molar-refractivity contribution is 0.182. The van der Waals surface area contributed by atoms with Gasteiger partial charge in [0.05, 0.1) is 0 Å². The summed E-state index contributed by atoms with van der Waals surface area (Å²) in [6, 6.07) is 7.74. The minimum atomic E-state index is -1.46. The van der Waals surface area contributed by atoms with Gasteiger partial charge >= 0.3 is 0 Å². The van der Waals surface area contributed by atoms with E-state index in [9.17, 15) is 0 Å². The molecule has 0 atom stereocenters. The molecular formula is C10H16ClNOSi. The lowest BCUT2D eigenvalue weighted by atomic mass is 10.2. The van der Waals surface area contributed by atoms with Crippen LogP contribution in [0, 0.1) is 0 Å². The van der Waals surface area contributed by atoms with E-state index in [0.29, 0.717) is 0 Å². The normalized spacial score (nSPS) is 11.7. The molecule has 0 spiro atoms. The smallest absolute Gasteiger partial charge is 0.211 e. The van der Waals surface area contributed by atoms with Crippen LogP contribution in [0.3, 0.4) is 0 Å². The summed E-state index contributed by atoms with van der Waals surface area (Å²) in [5, 5.41) is 0.764. The van der Waals surface area contributed by atoms with E-state index in [2.05, 4.69) is 25.1 Å². The van der Waals surface area contributed by atoms with E-state index >= 15 is 0 Å². The molecule has 0 aromatic heterocycles. The van der Waals surface area contributed by atoms with Crippen LogP contribution in [0.4, 0.5) is 0 Å². The molecule has 0 aliphatic rings. The Hall–Kier alpha value is -0.353. The third-order valence-electron chi connectivity index (χ3n) is 1.57. The zero-order chi connectivity index (χ0) is 10.6. The maximum Gasteiger partial charge on any atom is 0.211 e. The molecule has 0 saturated carbocycles. The van der Waals surface area contributed by atoms with E-state index in [1.54, 1.807) is 0 Å². The number of hydroxylamine groups is 1. The van der Waals surface area contributed by atoms with Crippen LogP contribution in [0.5, 0.6) is 0 Å². The lowest BCUT2D eigenvalue weighted by Crippen LogP contribution is -2.33. The highest BCUT2D eigenvalue weighted by Gasteiger charge is 2.13. The van der Waals surface area contributed by atoms with Gasteiger partial charge in [-0.05, 0) is 37.3 Å². The van der Waals surface area contributed by atoms with Crippen molar-refractivity contribution in [3.8, 4) is 0 Å². The fraction of sp³-hybridized carbons (Fsp3) is 0.400. The van der Waals surface area contributed by atoms with Crippen molar-refractivity contribution in [3.63, 3.8) is 0 Å². The van der Waals surface area contributed by atoms with Gasteiger partial charge in [0.1, 0.15) is 0 Å². The summed E-state index contributed by atoms with van der Waals surface area (Å²) in [4.78, 5) is 0. The second-order valence-electron chi connectivity index (χ2n) is 4.16. The Bertz CT molecular complexity index is 281. The SMILES string of the molecule is C[Si](C)(C)ONCc1ccc(Cl)cc1. The molecule has 0 saturated heterocycles. The van der Waals surface area contributed by atoms with Gasteiger partial charge in [-0.15, -0.1) is 0 Å². The number of hydrogen-bond donors (Lipinski definition) is 1. The maximum absolute atomic E-state index is 5.77. The average Bonchev–Trinajstić information content (AvgIpc) is 2.06. The van der Waals surface area contributed by atoms with Gasteiger partial charge in [0.15, 0.2) is 0 Å². The van der Waals surface area contributed by atoms with Crippen LogP contribution in [0.25, 0.3) is 0 Å². The van der Waals surface area contributed by atoms with E-state index in [4.69, 9.17) is 16.1 Å². The summed E-state index contributed by atoms with van der Waals surface area (Å²) >= 11 is 5.77. The summed E-state index contributed by atoms with van der Waals surface area (Å²) in [6.07, 6.45) is 0. The number of rotatable bonds is 4. The monoisotopic (exact) mass is 229 g/mol. The van der Waals surface area contributed by atoms with Crippen molar-refractivity contribution in [2.45, 2.75) is 26.2 Å². The molecular weight excluding hydrogens is 214 g/mol. The first-order chi connectivity index (χ1) is 6.47. The summed E-state index contributed by atoms with van der Waals surface area (Å²) in [6.45, 7) is 7.15. The van der Waals surface area contributed by atoms with E-state index in [1.165, 1.54) is 5.56 Å². The first-order valence-electron chi connectivity index (χ1n) is 4.63. The molecule has 1 aromatic rings. The van der Waals surface area contributed by atoms with Gasteiger partial charge in [0, 0.05) is 11.6 Å². The Labute approximate surface area is 91.3 Å². The lowest BCUT2D eigenvalue weighted by Gasteiger charge is -2.17. The Morgan fingerprint density at radius 1 is 1.21 bits per heavy atom. The zero-order valence-electron chi connectivity index (χ0n) is 8.80. The highest BCUT2D eigenvalue weighted by molar-refractivity contribution is 6.69. The van der Waals surface area contributed by atoms with E-state index < -0.39 is 8.32 Å². The second-order valence-corrected chi connectivity index (χ2v) is 9.03. The molecule has 0 aliphatic carbocycles. The molecule has 1 aromatic carbocycles. The molecule has 0 fully saturated rings. The van der Waals surface area contributed by atoms with Gasteiger partial charge in [-0.25, -0.2) is 5.48 Å². The molecule has 2 nitrogen and oxygen atoms in total. The van der Waals surface area contributed by atoms with E-state index in [-0.39, 0.29) is 0 Å². The standard InChI is InChI=1S/C10H16ClNOSi/c1-14(2,3)13-12-8-9-4-6-10(11)7-5-9/h4-7,12H,8H2,1-3H3. The fourth-order valence-corrected chi connectivity index (χ4v) is 1.57. The number of benzene rings is 1. The predicted molar refractivity (Wildman–Crippen MR) is 62.7 cm³/mol. The van der Waals surface area contributed by atoms with E-state index in [1.807, 2.05) is 24.3 Å². The van der Waals surface area contributed by atoms with Crippen molar-refractivity contribution >= 4 is 19.9 Å². The third-order valence-corrected chi connectivity index (χ3v) is 2.58. The quantitative estimate of drug-likeness (QED) is 0.633. The van der Waals surface area contributed by atoms with Crippen molar-refractivity contribution in [2.24, 2.45) is 0 Å². The molecule has 1 N–H and O–H groups in total. The van der Waals surface area contributed by atoms with Crippen molar-refractivity contribution in [2.75, 3.05) is 0 Å². The minimum Gasteiger partial charge on any atom is -0.346 e. The topological polar surface area (TPSA) is 21.3 Å². The number of nitrogens with one attached hydrogen (secondary N) is 1. The van der Waals surface area contributed by atoms with Crippen LogP contribution in [-0.4, -0.2) is 8.32 Å². The maximum atomic E-state index is 5.77. The number of halogens is 1. The predicted octanol–water partition coefficient (Wildman–Crippen LogP) is 3.20. The molecule has 4 heteroatoms. The van der Waals surface area contributed by atoms with Crippen molar-refractivity contribution in [1.29, 1.82) is 0 Å². The fourth-order valence-electron chi connectivity index (χ4n) is 0.938. The molecule has 0 unspecified atom stereocenters. The van der Waals surface area contributed by atoms with Crippen molar-refractivity contribution in [3.05, 3.63) is 34.9 Å². The summed E-state index contributed by atoms with van der Waals surface area (Å²) in [5.74, 6) is 0. The van der Waals surface area contributed by atoms with Gasteiger partial charge in [-0.2, -0.15) is 0 Å². The first-order valence-corrected chi connectivity index (χ1v) is 8.41. The van der Waals surface area contributed by atoms with Crippen molar-refractivity contribution < 1.29 is 4.53 Å². The van der Waals surface area contributed by atoms with Crippen LogP contribution in [0.2, 0.25) is 24.7 Å². The number of hydrogen-bond acceptors (Lipinski definition) is 2. The molecule has 78 valence electrons. The summed E-state index contributed by atoms with van der Waals surface area (Å²) in [5.41, 5.74) is 4.15. The van der Waals surface area contributed by atoms with Gasteiger partial charge in [-0.1, -0.05) is 23.7 Å². The zero-order valence-corrected chi connectivity index (χ0v) is 10.6. The summed E-state index contributed by atoms with van der Waals surface area (Å²) in [7, 11) is -1.46. The highest BCUT2D eigenvalue weighted by atomic mass is 35.5. The van der Waals surface area contributed by atoms with E-state index in [0.717, 1.165) is 11.6 Å². The summed E-state index contributed by atoms with van der Waals surface area (Å²) < 4.78 is 5.52. The molecule has 14 heavy (non-hydrogen) atoms. The molecule has 1 rings (SSSR count). The average molecular weight is 230 g/mol. The molecule has 0 heterocycles. The van der Waals surface area contributed by atoms with Crippen molar-refractivity contribution in [1.82, 2.24) is 5.48 Å². The molecule has 0 bridgehead atoms. The van der Waals surface area contributed by atoms with Crippen LogP contribution < -0.4 is 5.48 Å². The van der Waals surface area contributed by atoms with Gasteiger partial charge in [0.25, 0.3) is 0 Å². The Kier molecular flexibility index (Phi) is 4.13. The van der Waals surface area contributed by atoms with Crippen LogP contribution in [-0.2, 0) is 11.1 Å². The Morgan fingerprint density at radius 2 is 1.79 bits per heavy atom. The molecule has 0 aliphatic heterocycles. The first kappa shape index (κ1) is 11.7.